The molecule has 1 saturated carbocycles. The summed E-state index contributed by atoms with van der Waals surface area (Å²) in [6.07, 6.45) is 4.23. The van der Waals surface area contributed by atoms with E-state index in [1.807, 2.05) is 37.4 Å². The molecule has 1 fully saturated rings. The summed E-state index contributed by atoms with van der Waals surface area (Å²) in [6, 6.07) is 15.4. The number of hydrogen-bond acceptors (Lipinski definition) is 4. The van der Waals surface area contributed by atoms with E-state index >= 15 is 0 Å². The number of Topliss-reactive ketones (excluding diaryl/α,β-unsaturated/α-hetero) is 1. The van der Waals surface area contributed by atoms with Crippen molar-refractivity contribution in [1.82, 2.24) is 9.55 Å². The van der Waals surface area contributed by atoms with Gasteiger partial charge in [-0.05, 0) is 55.3 Å². The third kappa shape index (κ3) is 3.27. The third-order valence-electron chi connectivity index (χ3n) is 5.96. The van der Waals surface area contributed by atoms with E-state index in [2.05, 4.69) is 22.9 Å². The Hall–Kier alpha value is -3.13. The van der Waals surface area contributed by atoms with Crippen molar-refractivity contribution in [3.8, 4) is 6.07 Å². The Morgan fingerprint density at radius 2 is 1.93 bits per heavy atom. The molecule has 0 spiro atoms. The van der Waals surface area contributed by atoms with E-state index in [0.717, 1.165) is 53.8 Å². The van der Waals surface area contributed by atoms with Crippen molar-refractivity contribution >= 4 is 22.5 Å². The van der Waals surface area contributed by atoms with Gasteiger partial charge in [0.1, 0.15) is 5.82 Å². The van der Waals surface area contributed by atoms with E-state index in [4.69, 9.17) is 10.2 Å². The summed E-state index contributed by atoms with van der Waals surface area (Å²) in [5.41, 5.74) is 4.00. The Balaban J connectivity index is 1.56. The van der Waals surface area contributed by atoms with Gasteiger partial charge in [0, 0.05) is 23.7 Å². The Bertz CT molecular complexity index is 1070. The van der Waals surface area contributed by atoms with E-state index in [0.29, 0.717) is 12.1 Å². The SMILES string of the molecule is Cn1c(CNc2ccc(C#N)cc2)nc2cc(C(=O)C3(C)CCCC3)ccc21. The van der Waals surface area contributed by atoms with E-state index in [1.165, 1.54) is 0 Å². The Labute approximate surface area is 165 Å². The molecule has 0 radical (unpaired) electrons. The summed E-state index contributed by atoms with van der Waals surface area (Å²) in [5, 5.41) is 12.2. The molecule has 1 N–H and O–H groups in total. The molecule has 5 heteroatoms. The quantitative estimate of drug-likeness (QED) is 0.652. The van der Waals surface area contributed by atoms with E-state index < -0.39 is 0 Å². The van der Waals surface area contributed by atoms with E-state index in [9.17, 15) is 4.79 Å². The summed E-state index contributed by atoms with van der Waals surface area (Å²) >= 11 is 0. The smallest absolute Gasteiger partial charge is 0.168 e. The van der Waals surface area contributed by atoms with Gasteiger partial charge in [-0.2, -0.15) is 5.26 Å². The summed E-state index contributed by atoms with van der Waals surface area (Å²) in [5.74, 6) is 1.14. The maximum Gasteiger partial charge on any atom is 0.168 e. The molecule has 0 amide bonds. The molecule has 1 aliphatic carbocycles. The molecule has 0 unspecified atom stereocenters. The van der Waals surface area contributed by atoms with Gasteiger partial charge < -0.3 is 9.88 Å². The fourth-order valence-electron chi connectivity index (χ4n) is 4.12. The van der Waals surface area contributed by atoms with Crippen LogP contribution in [-0.2, 0) is 13.6 Å². The fourth-order valence-corrected chi connectivity index (χ4v) is 4.12. The van der Waals surface area contributed by atoms with Crippen LogP contribution < -0.4 is 5.32 Å². The number of nitriles is 1. The number of carbonyl (C=O) groups is 1. The molecule has 0 atom stereocenters. The van der Waals surface area contributed by atoms with Gasteiger partial charge in [0.15, 0.2) is 5.78 Å². The number of fused-ring (bicyclic) bond motifs is 1. The highest BCUT2D eigenvalue weighted by molar-refractivity contribution is 6.02. The first-order valence-corrected chi connectivity index (χ1v) is 9.74. The van der Waals surface area contributed by atoms with Crippen molar-refractivity contribution in [2.24, 2.45) is 12.5 Å². The minimum atomic E-state index is -0.220. The monoisotopic (exact) mass is 372 g/mol. The van der Waals surface area contributed by atoms with Gasteiger partial charge in [-0.1, -0.05) is 19.8 Å². The molecule has 2 aromatic carbocycles. The van der Waals surface area contributed by atoms with Gasteiger partial charge in [0.2, 0.25) is 0 Å². The van der Waals surface area contributed by atoms with Crippen LogP contribution in [0, 0.1) is 16.7 Å². The lowest BCUT2D eigenvalue weighted by Gasteiger charge is -2.21. The lowest BCUT2D eigenvalue weighted by atomic mass is 9.81. The first-order valence-electron chi connectivity index (χ1n) is 9.74. The predicted octanol–water partition coefficient (Wildman–Crippen LogP) is 4.82. The first-order chi connectivity index (χ1) is 13.5. The number of imidazole rings is 1. The fraction of sp³-hybridized carbons (Fsp3) is 0.348. The highest BCUT2D eigenvalue weighted by Crippen LogP contribution is 2.40. The van der Waals surface area contributed by atoms with Crippen LogP contribution in [0.5, 0.6) is 0 Å². The molecule has 142 valence electrons. The molecule has 5 nitrogen and oxygen atoms in total. The number of nitrogens with zero attached hydrogens (tertiary/aromatic N) is 3. The lowest BCUT2D eigenvalue weighted by molar-refractivity contribution is 0.0823. The molecular weight excluding hydrogens is 348 g/mol. The molecule has 0 aliphatic heterocycles. The number of ketones is 1. The predicted molar refractivity (Wildman–Crippen MR) is 110 cm³/mol. The van der Waals surface area contributed by atoms with Crippen molar-refractivity contribution in [1.29, 1.82) is 5.26 Å². The molecular formula is C23H24N4O. The minimum absolute atomic E-state index is 0.220. The van der Waals surface area contributed by atoms with Crippen LogP contribution in [0.15, 0.2) is 42.5 Å². The van der Waals surface area contributed by atoms with E-state index in [1.54, 1.807) is 12.1 Å². The van der Waals surface area contributed by atoms with Gasteiger partial charge in [0.05, 0.1) is 29.2 Å². The number of aromatic nitrogens is 2. The largest absolute Gasteiger partial charge is 0.378 e. The second-order valence-electron chi connectivity index (χ2n) is 7.93. The molecule has 3 aromatic rings. The van der Waals surface area contributed by atoms with Crippen molar-refractivity contribution in [2.45, 2.75) is 39.2 Å². The van der Waals surface area contributed by atoms with Gasteiger partial charge >= 0.3 is 0 Å². The number of anilines is 1. The molecule has 1 heterocycles. The number of nitrogens with one attached hydrogen (secondary N) is 1. The normalized spacial score (nSPS) is 15.5. The van der Waals surface area contributed by atoms with Crippen LogP contribution in [0.25, 0.3) is 11.0 Å². The molecule has 4 rings (SSSR count). The zero-order valence-corrected chi connectivity index (χ0v) is 16.3. The summed E-state index contributed by atoms with van der Waals surface area (Å²) in [4.78, 5) is 17.7. The summed E-state index contributed by atoms with van der Waals surface area (Å²) in [7, 11) is 1.99. The van der Waals surface area contributed by atoms with Crippen LogP contribution in [0.3, 0.4) is 0 Å². The van der Waals surface area contributed by atoms with Crippen LogP contribution in [0.2, 0.25) is 0 Å². The number of benzene rings is 2. The summed E-state index contributed by atoms with van der Waals surface area (Å²) < 4.78 is 2.05. The van der Waals surface area contributed by atoms with Crippen LogP contribution in [-0.4, -0.2) is 15.3 Å². The minimum Gasteiger partial charge on any atom is -0.378 e. The Morgan fingerprint density at radius 1 is 1.21 bits per heavy atom. The Kier molecular flexibility index (Phi) is 4.64. The van der Waals surface area contributed by atoms with Crippen LogP contribution >= 0.6 is 0 Å². The standard InChI is InChI=1S/C23H24N4O/c1-23(11-3-4-12-23)22(28)17-7-10-20-19(13-17)26-21(27(20)2)15-25-18-8-5-16(14-24)6-9-18/h5-10,13,25H,3-4,11-12,15H2,1-2H3. The number of aryl methyl sites for hydroxylation is 1. The first kappa shape index (κ1) is 18.2. The number of rotatable bonds is 5. The van der Waals surface area contributed by atoms with Gasteiger partial charge in [0.25, 0.3) is 0 Å². The zero-order chi connectivity index (χ0) is 19.7. The lowest BCUT2D eigenvalue weighted by Crippen LogP contribution is -2.24. The van der Waals surface area contributed by atoms with Crippen molar-refractivity contribution < 1.29 is 4.79 Å². The molecule has 1 aliphatic rings. The Morgan fingerprint density at radius 3 is 2.61 bits per heavy atom. The highest BCUT2D eigenvalue weighted by atomic mass is 16.1. The number of carbonyl (C=O) groups excluding carboxylic acids is 1. The number of hydrogen-bond donors (Lipinski definition) is 1. The molecule has 1 aromatic heterocycles. The molecule has 28 heavy (non-hydrogen) atoms. The van der Waals surface area contributed by atoms with Gasteiger partial charge in [-0.15, -0.1) is 0 Å². The van der Waals surface area contributed by atoms with Gasteiger partial charge in [-0.25, -0.2) is 4.98 Å². The average molecular weight is 372 g/mol. The van der Waals surface area contributed by atoms with Crippen LogP contribution in [0.4, 0.5) is 5.69 Å². The maximum atomic E-state index is 13.0. The van der Waals surface area contributed by atoms with Crippen molar-refractivity contribution in [3.63, 3.8) is 0 Å². The maximum absolute atomic E-state index is 13.0. The van der Waals surface area contributed by atoms with Crippen LogP contribution in [0.1, 0.15) is 54.4 Å². The zero-order valence-electron chi connectivity index (χ0n) is 16.3. The van der Waals surface area contributed by atoms with Crippen molar-refractivity contribution in [3.05, 3.63) is 59.4 Å². The topological polar surface area (TPSA) is 70.7 Å². The third-order valence-corrected chi connectivity index (χ3v) is 5.96. The summed E-state index contributed by atoms with van der Waals surface area (Å²) in [6.45, 7) is 2.66. The van der Waals surface area contributed by atoms with Gasteiger partial charge in [-0.3, -0.25) is 4.79 Å². The second kappa shape index (κ2) is 7.12. The average Bonchev–Trinajstić information content (AvgIpc) is 3.30. The van der Waals surface area contributed by atoms with Crippen molar-refractivity contribution in [2.75, 3.05) is 5.32 Å². The second-order valence-corrected chi connectivity index (χ2v) is 7.93. The highest BCUT2D eigenvalue weighted by Gasteiger charge is 2.36. The van der Waals surface area contributed by atoms with E-state index in [-0.39, 0.29) is 11.2 Å². The molecule has 0 bridgehead atoms. The molecule has 0 saturated heterocycles.